The number of carbonyl (C=O) groups is 1. The Kier molecular flexibility index (Phi) is 5.71. The highest BCUT2D eigenvalue weighted by Gasteiger charge is 2.15. The summed E-state index contributed by atoms with van der Waals surface area (Å²) in [6.07, 6.45) is 8.93. The molecule has 2 nitrogen and oxygen atoms in total. The fraction of sp³-hybridized carbons (Fsp3) is 0.545. The smallest absolute Gasteiger partial charge is 0.307 e. The Hall–Kier alpha value is -1.23. The highest BCUT2D eigenvalue weighted by molar-refractivity contribution is 5.70. The van der Waals surface area contributed by atoms with Crippen LogP contribution in [-0.2, 0) is 4.79 Å². The van der Waals surface area contributed by atoms with Gasteiger partial charge in [-0.1, -0.05) is 18.6 Å². The van der Waals surface area contributed by atoms with Crippen molar-refractivity contribution in [3.05, 3.63) is 11.6 Å². The lowest BCUT2D eigenvalue weighted by atomic mass is 9.97. The molecule has 0 aliphatic rings. The molecular formula is C11H16O2. The number of carboxylic acid groups (broad SMARTS) is 1. The molecule has 0 saturated carbocycles. The van der Waals surface area contributed by atoms with E-state index < -0.39 is 11.9 Å². The average molecular weight is 180 g/mol. The third kappa shape index (κ3) is 5.08. The van der Waals surface area contributed by atoms with Crippen molar-refractivity contribution in [3.63, 3.8) is 0 Å². The molecule has 0 heterocycles. The average Bonchev–Trinajstić information content (AvgIpc) is 2.04. The second-order valence-electron chi connectivity index (χ2n) is 3.11. The summed E-state index contributed by atoms with van der Waals surface area (Å²) in [6.45, 7) is 3.97. The molecule has 1 unspecified atom stereocenters. The van der Waals surface area contributed by atoms with Crippen LogP contribution in [0.25, 0.3) is 0 Å². The van der Waals surface area contributed by atoms with E-state index in [1.54, 1.807) is 0 Å². The Balaban J connectivity index is 4.19. The number of aliphatic carboxylic acids is 1. The van der Waals surface area contributed by atoms with Crippen molar-refractivity contribution in [3.8, 4) is 12.3 Å². The summed E-state index contributed by atoms with van der Waals surface area (Å²) in [4.78, 5) is 10.7. The molecule has 0 amide bonds. The summed E-state index contributed by atoms with van der Waals surface area (Å²) in [7, 11) is 0. The van der Waals surface area contributed by atoms with E-state index in [0.29, 0.717) is 12.8 Å². The Morgan fingerprint density at radius 3 is 2.69 bits per heavy atom. The topological polar surface area (TPSA) is 37.3 Å². The number of hydrogen-bond acceptors (Lipinski definition) is 1. The number of rotatable bonds is 5. The van der Waals surface area contributed by atoms with Crippen LogP contribution in [0.1, 0.15) is 33.1 Å². The molecule has 0 aromatic carbocycles. The van der Waals surface area contributed by atoms with Crippen LogP contribution in [-0.4, -0.2) is 11.1 Å². The lowest BCUT2D eigenvalue weighted by Crippen LogP contribution is -2.13. The minimum atomic E-state index is -0.804. The predicted molar refractivity (Wildman–Crippen MR) is 53.2 cm³/mol. The number of terminal acetylenes is 1. The van der Waals surface area contributed by atoms with E-state index in [0.717, 1.165) is 12.0 Å². The summed E-state index contributed by atoms with van der Waals surface area (Å²) in [5, 5.41) is 8.80. The first kappa shape index (κ1) is 11.8. The summed E-state index contributed by atoms with van der Waals surface area (Å²) < 4.78 is 0. The van der Waals surface area contributed by atoms with Crippen molar-refractivity contribution >= 4 is 5.97 Å². The van der Waals surface area contributed by atoms with Gasteiger partial charge in [0.1, 0.15) is 0 Å². The second-order valence-corrected chi connectivity index (χ2v) is 3.11. The number of hydrogen-bond donors (Lipinski definition) is 1. The van der Waals surface area contributed by atoms with Gasteiger partial charge in [0.15, 0.2) is 0 Å². The number of allylic oxidation sites excluding steroid dienone is 2. The van der Waals surface area contributed by atoms with Gasteiger partial charge in [-0.3, -0.25) is 4.79 Å². The van der Waals surface area contributed by atoms with Crippen molar-refractivity contribution in [1.29, 1.82) is 0 Å². The molecule has 1 N–H and O–H groups in total. The lowest BCUT2D eigenvalue weighted by Gasteiger charge is -2.08. The van der Waals surface area contributed by atoms with Crippen LogP contribution in [0.15, 0.2) is 11.6 Å². The molecule has 0 aromatic heterocycles. The van der Waals surface area contributed by atoms with E-state index in [4.69, 9.17) is 11.5 Å². The van der Waals surface area contributed by atoms with Crippen LogP contribution in [0.4, 0.5) is 0 Å². The van der Waals surface area contributed by atoms with E-state index in [1.165, 1.54) is 0 Å². The molecule has 0 saturated heterocycles. The molecule has 1 atom stereocenters. The quantitative estimate of drug-likeness (QED) is 0.521. The molecule has 0 radical (unpaired) electrons. The second kappa shape index (κ2) is 6.30. The Bertz CT molecular complexity index is 233. The van der Waals surface area contributed by atoms with Gasteiger partial charge in [-0.25, -0.2) is 0 Å². The summed E-state index contributed by atoms with van der Waals surface area (Å²) in [6, 6.07) is 0. The van der Waals surface area contributed by atoms with E-state index in [9.17, 15) is 4.79 Å². The maximum Gasteiger partial charge on any atom is 0.307 e. The van der Waals surface area contributed by atoms with Crippen molar-refractivity contribution in [2.45, 2.75) is 33.1 Å². The normalized spacial score (nSPS) is 13.5. The van der Waals surface area contributed by atoms with Gasteiger partial charge >= 0.3 is 5.97 Å². The fourth-order valence-electron chi connectivity index (χ4n) is 1.21. The SMILES string of the molecule is C#CCC(CC(C)=CCC)C(=O)O. The maximum atomic E-state index is 10.7. The van der Waals surface area contributed by atoms with Crippen molar-refractivity contribution < 1.29 is 9.90 Å². The molecule has 0 aromatic rings. The van der Waals surface area contributed by atoms with Crippen LogP contribution in [0.3, 0.4) is 0 Å². The van der Waals surface area contributed by atoms with E-state index in [-0.39, 0.29) is 0 Å². The van der Waals surface area contributed by atoms with Crippen LogP contribution >= 0.6 is 0 Å². The van der Waals surface area contributed by atoms with E-state index in [1.807, 2.05) is 19.9 Å². The molecule has 13 heavy (non-hydrogen) atoms. The van der Waals surface area contributed by atoms with Gasteiger partial charge in [0.25, 0.3) is 0 Å². The first-order valence-corrected chi connectivity index (χ1v) is 4.43. The van der Waals surface area contributed by atoms with Gasteiger partial charge in [0.2, 0.25) is 0 Å². The number of carboxylic acids is 1. The largest absolute Gasteiger partial charge is 0.481 e. The standard InChI is InChI=1S/C11H16O2/c1-4-6-9(3)8-10(7-5-2)11(12)13/h2,6,10H,4,7-8H2,1,3H3,(H,12,13). The Labute approximate surface area is 79.7 Å². The molecule has 0 fully saturated rings. The highest BCUT2D eigenvalue weighted by atomic mass is 16.4. The monoisotopic (exact) mass is 180 g/mol. The van der Waals surface area contributed by atoms with E-state index >= 15 is 0 Å². The van der Waals surface area contributed by atoms with Gasteiger partial charge in [0.05, 0.1) is 5.92 Å². The highest BCUT2D eigenvalue weighted by Crippen LogP contribution is 2.15. The molecule has 0 bridgehead atoms. The zero-order chi connectivity index (χ0) is 10.3. The summed E-state index contributed by atoms with van der Waals surface area (Å²) >= 11 is 0. The lowest BCUT2D eigenvalue weighted by molar-refractivity contribution is -0.141. The van der Waals surface area contributed by atoms with Gasteiger partial charge in [-0.2, -0.15) is 0 Å². The van der Waals surface area contributed by atoms with Gasteiger partial charge in [-0.15, -0.1) is 12.3 Å². The molecule has 0 aliphatic heterocycles. The minimum Gasteiger partial charge on any atom is -0.481 e. The van der Waals surface area contributed by atoms with Gasteiger partial charge < -0.3 is 5.11 Å². The van der Waals surface area contributed by atoms with Crippen molar-refractivity contribution in [1.82, 2.24) is 0 Å². The molecular weight excluding hydrogens is 164 g/mol. The first-order valence-electron chi connectivity index (χ1n) is 4.43. The molecule has 0 aliphatic carbocycles. The molecule has 72 valence electrons. The van der Waals surface area contributed by atoms with Crippen molar-refractivity contribution in [2.24, 2.45) is 5.92 Å². The van der Waals surface area contributed by atoms with Gasteiger partial charge in [-0.05, 0) is 19.8 Å². The fourth-order valence-corrected chi connectivity index (χ4v) is 1.21. The van der Waals surface area contributed by atoms with Crippen molar-refractivity contribution in [2.75, 3.05) is 0 Å². The first-order chi connectivity index (χ1) is 6.11. The Morgan fingerprint density at radius 2 is 2.31 bits per heavy atom. The minimum absolute atomic E-state index is 0.310. The van der Waals surface area contributed by atoms with Crippen LogP contribution < -0.4 is 0 Å². The summed E-state index contributed by atoms with van der Waals surface area (Å²) in [5.74, 6) is 1.16. The molecule has 0 rings (SSSR count). The zero-order valence-electron chi connectivity index (χ0n) is 8.21. The molecule has 0 spiro atoms. The third-order valence-corrected chi connectivity index (χ3v) is 1.83. The maximum absolute atomic E-state index is 10.7. The third-order valence-electron chi connectivity index (χ3n) is 1.83. The predicted octanol–water partition coefficient (Wildman–Crippen LogP) is 2.46. The van der Waals surface area contributed by atoms with Crippen LogP contribution in [0.5, 0.6) is 0 Å². The molecule has 2 heteroatoms. The summed E-state index contributed by atoms with van der Waals surface area (Å²) in [5.41, 5.74) is 1.10. The van der Waals surface area contributed by atoms with Crippen LogP contribution in [0, 0.1) is 18.3 Å². The van der Waals surface area contributed by atoms with Gasteiger partial charge in [0, 0.05) is 6.42 Å². The van der Waals surface area contributed by atoms with Crippen LogP contribution in [0.2, 0.25) is 0 Å². The van der Waals surface area contributed by atoms with E-state index in [2.05, 4.69) is 5.92 Å². The Morgan fingerprint density at radius 1 is 1.69 bits per heavy atom. The zero-order valence-corrected chi connectivity index (χ0v) is 8.21.